The number of methoxy groups -OCH3 is 1. The van der Waals surface area contributed by atoms with Crippen molar-refractivity contribution in [2.45, 2.75) is 38.8 Å². The molecule has 1 aliphatic rings. The van der Waals surface area contributed by atoms with Gasteiger partial charge in [-0.25, -0.2) is 9.48 Å². The molecule has 0 saturated heterocycles. The lowest BCUT2D eigenvalue weighted by Crippen LogP contribution is -2.40. The quantitative estimate of drug-likeness (QED) is 0.370. The summed E-state index contributed by atoms with van der Waals surface area (Å²) >= 11 is 0. The highest BCUT2D eigenvalue weighted by Gasteiger charge is 2.16. The van der Waals surface area contributed by atoms with Crippen LogP contribution in [0.25, 0.3) is 0 Å². The third-order valence-corrected chi connectivity index (χ3v) is 4.82. The number of aliphatic imine (C=N–C) groups is 1. The molecule has 0 amide bonds. The molecule has 0 saturated carbocycles. The first kappa shape index (κ1) is 20.8. The van der Waals surface area contributed by atoms with Crippen LogP contribution in [0.4, 0.5) is 0 Å². The van der Waals surface area contributed by atoms with Crippen molar-refractivity contribution in [1.82, 2.24) is 25.0 Å². The maximum absolute atomic E-state index is 12.3. The Balaban J connectivity index is 1.33. The molecule has 0 atom stereocenters. The maximum Gasteiger partial charge on any atom is 0.345 e. The number of aryl methyl sites for hydroxylation is 2. The molecule has 0 fully saturated rings. The maximum atomic E-state index is 12.3. The SMILES string of the molecule is CN=C(NCCCn1nc2n(c1=O)CCCC2)NCCOc1ccc(OC)cc1. The van der Waals surface area contributed by atoms with Crippen LogP contribution in [0.1, 0.15) is 25.1 Å². The largest absolute Gasteiger partial charge is 0.497 e. The van der Waals surface area contributed by atoms with E-state index in [0.29, 0.717) is 32.2 Å². The lowest BCUT2D eigenvalue weighted by molar-refractivity contribution is 0.321. The fourth-order valence-corrected chi connectivity index (χ4v) is 3.26. The van der Waals surface area contributed by atoms with Crippen molar-refractivity contribution in [3.63, 3.8) is 0 Å². The molecule has 1 aromatic heterocycles. The summed E-state index contributed by atoms with van der Waals surface area (Å²) in [5.74, 6) is 3.23. The zero-order chi connectivity index (χ0) is 20.5. The van der Waals surface area contributed by atoms with Crippen LogP contribution < -0.4 is 25.8 Å². The first-order valence-electron chi connectivity index (χ1n) is 10.1. The Morgan fingerprint density at radius 2 is 1.93 bits per heavy atom. The van der Waals surface area contributed by atoms with Gasteiger partial charge in [0.25, 0.3) is 0 Å². The normalized spacial score (nSPS) is 13.7. The zero-order valence-corrected chi connectivity index (χ0v) is 17.2. The van der Waals surface area contributed by atoms with Gasteiger partial charge in [-0.1, -0.05) is 0 Å². The van der Waals surface area contributed by atoms with Gasteiger partial charge in [0.1, 0.15) is 23.9 Å². The van der Waals surface area contributed by atoms with E-state index in [1.54, 1.807) is 23.4 Å². The van der Waals surface area contributed by atoms with Crippen LogP contribution in [0.15, 0.2) is 34.1 Å². The van der Waals surface area contributed by atoms with Crippen LogP contribution in [0.5, 0.6) is 11.5 Å². The molecule has 0 radical (unpaired) electrons. The van der Waals surface area contributed by atoms with Gasteiger partial charge in [0.05, 0.1) is 13.7 Å². The summed E-state index contributed by atoms with van der Waals surface area (Å²) in [5, 5.41) is 10.9. The van der Waals surface area contributed by atoms with Gasteiger partial charge in [0, 0.05) is 33.1 Å². The van der Waals surface area contributed by atoms with Crippen molar-refractivity contribution in [2.75, 3.05) is 33.9 Å². The van der Waals surface area contributed by atoms with E-state index in [4.69, 9.17) is 9.47 Å². The van der Waals surface area contributed by atoms with Crippen LogP contribution >= 0.6 is 0 Å². The van der Waals surface area contributed by atoms with Crippen molar-refractivity contribution >= 4 is 5.96 Å². The van der Waals surface area contributed by atoms with Crippen LogP contribution in [-0.2, 0) is 19.5 Å². The topological polar surface area (TPSA) is 94.7 Å². The van der Waals surface area contributed by atoms with E-state index in [-0.39, 0.29) is 5.69 Å². The summed E-state index contributed by atoms with van der Waals surface area (Å²) in [6.45, 7) is 3.24. The smallest absolute Gasteiger partial charge is 0.345 e. The second-order valence-corrected chi connectivity index (χ2v) is 6.83. The van der Waals surface area contributed by atoms with E-state index in [0.717, 1.165) is 49.6 Å². The molecule has 9 nitrogen and oxygen atoms in total. The van der Waals surface area contributed by atoms with E-state index in [2.05, 4.69) is 20.7 Å². The van der Waals surface area contributed by atoms with Gasteiger partial charge < -0.3 is 20.1 Å². The molecule has 9 heteroatoms. The molecule has 0 bridgehead atoms. The number of nitrogens with one attached hydrogen (secondary N) is 2. The highest BCUT2D eigenvalue weighted by atomic mass is 16.5. The molecule has 1 aromatic carbocycles. The highest BCUT2D eigenvalue weighted by Crippen LogP contribution is 2.16. The Morgan fingerprint density at radius 1 is 1.17 bits per heavy atom. The summed E-state index contributed by atoms with van der Waals surface area (Å²) in [6.07, 6.45) is 3.86. The van der Waals surface area contributed by atoms with Crippen LogP contribution in [0.2, 0.25) is 0 Å². The molecule has 2 aromatic rings. The lowest BCUT2D eigenvalue weighted by Gasteiger charge is -2.12. The Bertz CT molecular complexity index is 856. The Morgan fingerprint density at radius 3 is 2.66 bits per heavy atom. The third-order valence-electron chi connectivity index (χ3n) is 4.82. The predicted octanol–water partition coefficient (Wildman–Crippen LogP) is 1.02. The average Bonchev–Trinajstić information content (AvgIpc) is 3.08. The van der Waals surface area contributed by atoms with Crippen LogP contribution in [0, 0.1) is 0 Å². The van der Waals surface area contributed by atoms with E-state index < -0.39 is 0 Å². The van der Waals surface area contributed by atoms with Gasteiger partial charge >= 0.3 is 5.69 Å². The number of fused-ring (bicyclic) bond motifs is 1. The van der Waals surface area contributed by atoms with Gasteiger partial charge in [-0.2, -0.15) is 5.10 Å². The van der Waals surface area contributed by atoms with Crippen molar-refractivity contribution < 1.29 is 9.47 Å². The second-order valence-electron chi connectivity index (χ2n) is 6.83. The number of nitrogens with zero attached hydrogens (tertiary/aromatic N) is 4. The minimum atomic E-state index is 0.0119. The number of aromatic nitrogens is 3. The number of benzene rings is 1. The Hall–Kier alpha value is -2.97. The molecular weight excluding hydrogens is 372 g/mol. The highest BCUT2D eigenvalue weighted by molar-refractivity contribution is 5.79. The molecule has 0 aliphatic carbocycles. The second kappa shape index (κ2) is 10.5. The van der Waals surface area contributed by atoms with Crippen molar-refractivity contribution in [2.24, 2.45) is 4.99 Å². The Labute approximate surface area is 170 Å². The van der Waals surface area contributed by atoms with E-state index >= 15 is 0 Å². The molecular formula is C20H30N6O3. The molecule has 0 unspecified atom stereocenters. The minimum absolute atomic E-state index is 0.0119. The first-order valence-corrected chi connectivity index (χ1v) is 10.1. The minimum Gasteiger partial charge on any atom is -0.497 e. The van der Waals surface area contributed by atoms with Crippen molar-refractivity contribution in [3.8, 4) is 11.5 Å². The van der Waals surface area contributed by atoms with Crippen LogP contribution in [-0.4, -0.2) is 54.2 Å². The summed E-state index contributed by atoms with van der Waals surface area (Å²) in [5.41, 5.74) is 0.0119. The summed E-state index contributed by atoms with van der Waals surface area (Å²) < 4.78 is 14.2. The van der Waals surface area contributed by atoms with E-state index in [1.165, 1.54) is 0 Å². The van der Waals surface area contributed by atoms with Crippen LogP contribution in [0.3, 0.4) is 0 Å². The van der Waals surface area contributed by atoms with Gasteiger partial charge in [-0.3, -0.25) is 9.56 Å². The molecule has 158 valence electrons. The number of ether oxygens (including phenoxy) is 2. The van der Waals surface area contributed by atoms with E-state index in [9.17, 15) is 4.79 Å². The molecule has 1 aliphatic heterocycles. The number of guanidine groups is 1. The fourth-order valence-electron chi connectivity index (χ4n) is 3.26. The molecule has 0 spiro atoms. The standard InChI is InChI=1S/C20H30N6O3/c1-21-19(23-12-15-29-17-9-7-16(28-2)8-10-17)22-11-5-14-26-20(27)25-13-4-3-6-18(25)24-26/h7-10H,3-6,11-15H2,1-2H3,(H2,21,22,23). The molecule has 29 heavy (non-hydrogen) atoms. The van der Waals surface area contributed by atoms with Gasteiger partial charge in [0.15, 0.2) is 5.96 Å². The Kier molecular flexibility index (Phi) is 7.54. The predicted molar refractivity (Wildman–Crippen MR) is 112 cm³/mol. The molecule has 2 heterocycles. The first-order chi connectivity index (χ1) is 14.2. The summed E-state index contributed by atoms with van der Waals surface area (Å²) in [4.78, 5) is 16.5. The van der Waals surface area contributed by atoms with Gasteiger partial charge in [-0.05, 0) is 43.5 Å². The number of hydrogen-bond acceptors (Lipinski definition) is 5. The molecule has 3 rings (SSSR count). The van der Waals surface area contributed by atoms with Gasteiger partial charge in [0.2, 0.25) is 0 Å². The summed E-state index contributed by atoms with van der Waals surface area (Å²) in [7, 11) is 3.37. The third kappa shape index (κ3) is 5.75. The molecule has 2 N–H and O–H groups in total. The average molecular weight is 402 g/mol. The fraction of sp³-hybridized carbons (Fsp3) is 0.550. The van der Waals surface area contributed by atoms with E-state index in [1.807, 2.05) is 24.3 Å². The zero-order valence-electron chi connectivity index (χ0n) is 17.2. The number of rotatable bonds is 9. The lowest BCUT2D eigenvalue weighted by atomic mass is 10.2. The monoisotopic (exact) mass is 402 g/mol. The number of hydrogen-bond donors (Lipinski definition) is 2. The van der Waals surface area contributed by atoms with Crippen molar-refractivity contribution in [1.29, 1.82) is 0 Å². The van der Waals surface area contributed by atoms with Crippen molar-refractivity contribution in [3.05, 3.63) is 40.6 Å². The summed E-state index contributed by atoms with van der Waals surface area (Å²) in [6, 6.07) is 7.49. The van der Waals surface area contributed by atoms with Gasteiger partial charge in [-0.15, -0.1) is 0 Å².